The van der Waals surface area contributed by atoms with Crippen molar-refractivity contribution in [1.82, 2.24) is 9.88 Å². The maximum atomic E-state index is 15.1. The number of aliphatic hydroxyl groups excluding tert-OH is 1. The van der Waals surface area contributed by atoms with Crippen molar-refractivity contribution in [1.29, 1.82) is 0 Å². The average Bonchev–Trinajstić information content (AvgIpc) is 3.31. The van der Waals surface area contributed by atoms with E-state index < -0.39 is 18.3 Å². The fourth-order valence-corrected chi connectivity index (χ4v) is 4.69. The van der Waals surface area contributed by atoms with Crippen LogP contribution in [-0.2, 0) is 18.0 Å². The maximum Gasteiger partial charge on any atom is 0.256 e. The SMILES string of the molecule is Cc1cc2c(nc1N1CCC(Oc3ccc4c(c3)COC4)[C@H](F)C1)[C@H](CO)N(C)C2=O. The van der Waals surface area contributed by atoms with E-state index in [0.717, 1.165) is 16.7 Å². The molecule has 0 aliphatic carbocycles. The normalized spacial score (nSPS) is 25.0. The first-order chi connectivity index (χ1) is 15.0. The molecule has 8 heteroatoms. The zero-order chi connectivity index (χ0) is 21.7. The van der Waals surface area contributed by atoms with Gasteiger partial charge in [0.1, 0.15) is 17.7 Å². The lowest BCUT2D eigenvalue weighted by atomic mass is 10.0. The number of amides is 1. The molecular weight excluding hydrogens is 401 g/mol. The second-order valence-corrected chi connectivity index (χ2v) is 8.51. The minimum absolute atomic E-state index is 0.147. The zero-order valence-corrected chi connectivity index (χ0v) is 17.7. The first-order valence-corrected chi connectivity index (χ1v) is 10.6. The van der Waals surface area contributed by atoms with Crippen LogP contribution in [0.1, 0.15) is 45.2 Å². The average molecular weight is 427 g/mol. The molecule has 1 unspecified atom stereocenters. The summed E-state index contributed by atoms with van der Waals surface area (Å²) >= 11 is 0. The summed E-state index contributed by atoms with van der Waals surface area (Å²) in [5, 5.41) is 9.71. The van der Waals surface area contributed by atoms with Crippen LogP contribution in [-0.4, -0.2) is 59.9 Å². The van der Waals surface area contributed by atoms with Crippen molar-refractivity contribution in [3.63, 3.8) is 0 Å². The number of alkyl halides is 1. The Balaban J connectivity index is 1.32. The van der Waals surface area contributed by atoms with Gasteiger partial charge in [-0.15, -0.1) is 0 Å². The van der Waals surface area contributed by atoms with Crippen LogP contribution in [0.5, 0.6) is 5.75 Å². The molecule has 0 radical (unpaired) electrons. The number of hydrogen-bond acceptors (Lipinski definition) is 6. The minimum Gasteiger partial charge on any atom is -0.487 e. The molecule has 0 spiro atoms. The Hall–Kier alpha value is -2.71. The Labute approximate surface area is 180 Å². The molecule has 0 bridgehead atoms. The van der Waals surface area contributed by atoms with Gasteiger partial charge in [-0.05, 0) is 41.8 Å². The highest BCUT2D eigenvalue weighted by molar-refractivity contribution is 5.99. The number of likely N-dealkylation sites (N-methyl/N-ethyl adjacent to an activating group) is 1. The van der Waals surface area contributed by atoms with E-state index in [-0.39, 0.29) is 19.1 Å². The number of aromatic nitrogens is 1. The third-order valence-electron chi connectivity index (χ3n) is 6.48. The van der Waals surface area contributed by atoms with Crippen molar-refractivity contribution in [2.24, 2.45) is 0 Å². The van der Waals surface area contributed by atoms with E-state index in [1.807, 2.05) is 30.0 Å². The lowest BCUT2D eigenvalue weighted by molar-refractivity contribution is 0.0714. The van der Waals surface area contributed by atoms with Gasteiger partial charge in [0.05, 0.1) is 43.7 Å². The summed E-state index contributed by atoms with van der Waals surface area (Å²) in [6.07, 6.45) is -1.18. The quantitative estimate of drug-likeness (QED) is 0.808. The molecule has 1 amide bonds. The molecule has 1 aromatic carbocycles. The van der Waals surface area contributed by atoms with Gasteiger partial charge in [-0.2, -0.15) is 0 Å². The molecule has 0 saturated carbocycles. The number of piperidine rings is 1. The number of ether oxygens (including phenoxy) is 2. The fraction of sp³-hybridized carbons (Fsp3) is 0.478. The van der Waals surface area contributed by atoms with Crippen LogP contribution in [0.3, 0.4) is 0 Å². The molecule has 1 N–H and O–H groups in total. The van der Waals surface area contributed by atoms with Crippen LogP contribution in [0.4, 0.5) is 10.2 Å². The van der Waals surface area contributed by atoms with E-state index in [4.69, 9.17) is 14.5 Å². The Morgan fingerprint density at radius 1 is 1.29 bits per heavy atom. The number of carbonyl (C=O) groups is 1. The summed E-state index contributed by atoms with van der Waals surface area (Å²) in [5.41, 5.74) is 4.15. The van der Waals surface area contributed by atoms with E-state index in [0.29, 0.717) is 49.0 Å². The van der Waals surface area contributed by atoms with Gasteiger partial charge in [-0.3, -0.25) is 4.79 Å². The Bertz CT molecular complexity index is 1030. The fourth-order valence-electron chi connectivity index (χ4n) is 4.69. The first kappa shape index (κ1) is 20.2. The van der Waals surface area contributed by atoms with E-state index in [1.165, 1.54) is 4.90 Å². The number of nitrogens with zero attached hydrogens (tertiary/aromatic N) is 3. The van der Waals surface area contributed by atoms with Gasteiger partial charge in [-0.25, -0.2) is 9.37 Å². The number of benzene rings is 1. The number of rotatable bonds is 4. The Morgan fingerprint density at radius 2 is 2.10 bits per heavy atom. The third kappa shape index (κ3) is 3.43. The Kier molecular flexibility index (Phi) is 5.06. The van der Waals surface area contributed by atoms with E-state index in [2.05, 4.69) is 0 Å². The van der Waals surface area contributed by atoms with Gasteiger partial charge in [0.25, 0.3) is 5.91 Å². The summed E-state index contributed by atoms with van der Waals surface area (Å²) in [4.78, 5) is 20.5. The van der Waals surface area contributed by atoms with Crippen LogP contribution in [0.2, 0.25) is 0 Å². The summed E-state index contributed by atoms with van der Waals surface area (Å²) in [5.74, 6) is 1.19. The number of pyridine rings is 1. The Morgan fingerprint density at radius 3 is 2.87 bits per heavy atom. The highest BCUT2D eigenvalue weighted by Crippen LogP contribution is 2.35. The second-order valence-electron chi connectivity index (χ2n) is 8.51. The van der Waals surface area contributed by atoms with E-state index >= 15 is 4.39 Å². The van der Waals surface area contributed by atoms with Crippen LogP contribution in [0.25, 0.3) is 0 Å². The smallest absolute Gasteiger partial charge is 0.256 e. The second kappa shape index (κ2) is 7.76. The molecule has 3 aliphatic rings. The summed E-state index contributed by atoms with van der Waals surface area (Å²) in [7, 11) is 1.66. The van der Waals surface area contributed by atoms with Crippen molar-refractivity contribution >= 4 is 11.7 Å². The van der Waals surface area contributed by atoms with Crippen LogP contribution < -0.4 is 9.64 Å². The summed E-state index contributed by atoms with van der Waals surface area (Å²) in [6.45, 7) is 3.63. The maximum absolute atomic E-state index is 15.1. The molecule has 5 rings (SSSR count). The van der Waals surface area contributed by atoms with Gasteiger partial charge in [0.15, 0.2) is 6.17 Å². The molecule has 7 nitrogen and oxygen atoms in total. The predicted molar refractivity (Wildman–Crippen MR) is 112 cm³/mol. The van der Waals surface area contributed by atoms with Gasteiger partial charge < -0.3 is 24.4 Å². The number of halogens is 1. The molecule has 1 fully saturated rings. The number of fused-ring (bicyclic) bond motifs is 2. The van der Waals surface area contributed by atoms with Crippen molar-refractivity contribution in [3.05, 3.63) is 52.2 Å². The predicted octanol–water partition coefficient (Wildman–Crippen LogP) is 2.54. The standard InChI is InChI=1S/C23H26FN3O4/c1-13-7-17-21(19(10-28)26(2)23(17)29)25-22(13)27-6-5-20(18(24)9-27)31-16-4-3-14-11-30-12-15(14)8-16/h3-4,7-8,18-20,28H,5-6,9-12H2,1-2H3/t18-,19+,20?/m1/s1. The van der Waals surface area contributed by atoms with Gasteiger partial charge in [0.2, 0.25) is 0 Å². The first-order valence-electron chi connectivity index (χ1n) is 10.6. The topological polar surface area (TPSA) is 75.1 Å². The van der Waals surface area contributed by atoms with Gasteiger partial charge in [0, 0.05) is 20.0 Å². The van der Waals surface area contributed by atoms with Gasteiger partial charge >= 0.3 is 0 Å². The molecule has 3 aliphatic heterocycles. The molecule has 1 aromatic heterocycles. The van der Waals surface area contributed by atoms with Crippen molar-refractivity contribution in [2.75, 3.05) is 31.6 Å². The molecular formula is C23H26FN3O4. The van der Waals surface area contributed by atoms with Crippen molar-refractivity contribution in [3.8, 4) is 5.75 Å². The monoisotopic (exact) mass is 427 g/mol. The number of hydrogen-bond donors (Lipinski definition) is 1. The summed E-state index contributed by atoms with van der Waals surface area (Å²) < 4.78 is 26.5. The van der Waals surface area contributed by atoms with Crippen LogP contribution in [0.15, 0.2) is 24.3 Å². The number of carbonyl (C=O) groups excluding carboxylic acids is 1. The molecule has 2 aromatic rings. The molecule has 4 heterocycles. The van der Waals surface area contributed by atoms with E-state index in [1.54, 1.807) is 13.1 Å². The largest absolute Gasteiger partial charge is 0.487 e. The number of aryl methyl sites for hydroxylation is 1. The third-order valence-corrected chi connectivity index (χ3v) is 6.48. The lowest BCUT2D eigenvalue weighted by Gasteiger charge is -2.36. The van der Waals surface area contributed by atoms with Gasteiger partial charge in [-0.1, -0.05) is 6.07 Å². The van der Waals surface area contributed by atoms with Crippen LogP contribution in [0, 0.1) is 6.92 Å². The van der Waals surface area contributed by atoms with E-state index in [9.17, 15) is 9.90 Å². The molecule has 3 atom stereocenters. The molecule has 1 saturated heterocycles. The highest BCUT2D eigenvalue weighted by Gasteiger charge is 2.38. The number of aliphatic hydroxyl groups is 1. The van der Waals surface area contributed by atoms with Crippen LogP contribution >= 0.6 is 0 Å². The molecule has 164 valence electrons. The summed E-state index contributed by atoms with van der Waals surface area (Å²) in [6, 6.07) is 7.13. The molecule has 31 heavy (non-hydrogen) atoms. The zero-order valence-electron chi connectivity index (χ0n) is 17.7. The number of anilines is 1. The van der Waals surface area contributed by atoms with Crippen molar-refractivity contribution < 1.29 is 23.8 Å². The van der Waals surface area contributed by atoms with Crippen molar-refractivity contribution in [2.45, 2.75) is 44.9 Å². The highest BCUT2D eigenvalue weighted by atomic mass is 19.1. The lowest BCUT2D eigenvalue weighted by Crippen LogP contribution is -2.47. The minimum atomic E-state index is -1.18.